The summed E-state index contributed by atoms with van der Waals surface area (Å²) < 4.78 is 18.7. The van der Waals surface area contributed by atoms with Crippen LogP contribution in [0.4, 0.5) is 10.1 Å². The number of halogens is 2. The number of aliphatic hydroxyl groups is 1. The molecule has 0 aliphatic rings. The first kappa shape index (κ1) is 20.8. The highest BCUT2D eigenvalue weighted by atomic mass is 35.5. The number of carbonyl (C=O) groups is 2. The number of amides is 2. The van der Waals surface area contributed by atoms with Crippen LogP contribution in [-0.4, -0.2) is 36.7 Å². The van der Waals surface area contributed by atoms with Crippen molar-refractivity contribution >= 4 is 29.1 Å². The van der Waals surface area contributed by atoms with Gasteiger partial charge in [-0.3, -0.25) is 9.59 Å². The molecule has 0 saturated heterocycles. The maximum Gasteiger partial charge on any atom is 0.313 e. The molecule has 6 nitrogen and oxygen atoms in total. The van der Waals surface area contributed by atoms with Gasteiger partial charge in [0.1, 0.15) is 5.82 Å². The average Bonchev–Trinajstić information content (AvgIpc) is 2.65. The van der Waals surface area contributed by atoms with E-state index in [1.165, 1.54) is 12.1 Å². The van der Waals surface area contributed by atoms with Crippen molar-refractivity contribution in [2.24, 2.45) is 0 Å². The van der Waals surface area contributed by atoms with Crippen molar-refractivity contribution in [3.8, 4) is 0 Å². The van der Waals surface area contributed by atoms with Gasteiger partial charge >= 0.3 is 11.8 Å². The molecule has 0 bridgehead atoms. The molecule has 3 N–H and O–H groups in total. The lowest BCUT2D eigenvalue weighted by molar-refractivity contribution is -0.136. The zero-order valence-electron chi connectivity index (χ0n) is 14.7. The van der Waals surface area contributed by atoms with Gasteiger partial charge in [-0.15, -0.1) is 0 Å². The molecule has 2 rings (SSSR count). The number of aliphatic hydroxyl groups excluding tert-OH is 1. The van der Waals surface area contributed by atoms with Crippen LogP contribution in [0, 0.1) is 12.7 Å². The summed E-state index contributed by atoms with van der Waals surface area (Å²) in [5.41, 5.74) is 2.08. The van der Waals surface area contributed by atoms with Crippen molar-refractivity contribution in [2.45, 2.75) is 13.0 Å². The summed E-state index contributed by atoms with van der Waals surface area (Å²) in [4.78, 5) is 24.0. The minimum atomic E-state index is -0.914. The summed E-state index contributed by atoms with van der Waals surface area (Å²) in [5.74, 6) is -2.41. The summed E-state index contributed by atoms with van der Waals surface area (Å²) in [6.45, 7) is 1.91. The largest absolute Gasteiger partial charge is 0.394 e. The van der Waals surface area contributed by atoms with Gasteiger partial charge in [0, 0.05) is 12.2 Å². The Labute approximate surface area is 161 Å². The van der Waals surface area contributed by atoms with Crippen molar-refractivity contribution in [1.29, 1.82) is 0 Å². The van der Waals surface area contributed by atoms with E-state index in [1.54, 1.807) is 0 Å². The van der Waals surface area contributed by atoms with Gasteiger partial charge in [0.05, 0.1) is 24.3 Å². The van der Waals surface area contributed by atoms with E-state index in [1.807, 2.05) is 31.2 Å². The molecular weight excluding hydrogens is 375 g/mol. The smallest absolute Gasteiger partial charge is 0.313 e. The number of nitrogens with one attached hydrogen (secondary N) is 2. The van der Waals surface area contributed by atoms with Gasteiger partial charge in [0.2, 0.25) is 0 Å². The SMILES string of the molecule is Cc1ccc(C(CNC(=O)C(=O)Nc2ccc(F)c(Cl)c2)OCCO)cc1. The number of carbonyl (C=O) groups excluding carboxylic acids is 2. The maximum atomic E-state index is 13.1. The number of anilines is 1. The second-order valence-electron chi connectivity index (χ2n) is 5.79. The highest BCUT2D eigenvalue weighted by Crippen LogP contribution is 2.19. The molecule has 0 aliphatic heterocycles. The van der Waals surface area contributed by atoms with Crippen LogP contribution in [0.1, 0.15) is 17.2 Å². The Morgan fingerprint density at radius 2 is 1.89 bits per heavy atom. The predicted octanol–water partition coefficient (Wildman–Crippen LogP) is 2.59. The lowest BCUT2D eigenvalue weighted by atomic mass is 10.1. The second-order valence-corrected chi connectivity index (χ2v) is 6.19. The molecule has 2 amide bonds. The average molecular weight is 395 g/mol. The lowest BCUT2D eigenvalue weighted by Gasteiger charge is -2.18. The van der Waals surface area contributed by atoms with Gasteiger partial charge in [-0.1, -0.05) is 41.4 Å². The first-order valence-corrected chi connectivity index (χ1v) is 8.61. The van der Waals surface area contributed by atoms with Crippen molar-refractivity contribution < 1.29 is 23.8 Å². The number of aryl methyl sites for hydroxylation is 1. The van der Waals surface area contributed by atoms with Crippen LogP contribution in [0.2, 0.25) is 5.02 Å². The van der Waals surface area contributed by atoms with Crippen LogP contribution >= 0.6 is 11.6 Å². The summed E-state index contributed by atoms with van der Waals surface area (Å²) in [6.07, 6.45) is -0.519. The van der Waals surface area contributed by atoms with Crippen LogP contribution in [0.3, 0.4) is 0 Å². The summed E-state index contributed by atoms with van der Waals surface area (Å²) in [6, 6.07) is 11.1. The van der Waals surface area contributed by atoms with Crippen LogP contribution in [-0.2, 0) is 14.3 Å². The van der Waals surface area contributed by atoms with Crippen LogP contribution in [0.25, 0.3) is 0 Å². The molecule has 0 saturated carbocycles. The molecule has 2 aromatic carbocycles. The predicted molar refractivity (Wildman–Crippen MR) is 100 cm³/mol. The molecule has 0 heterocycles. The van der Waals surface area contributed by atoms with Crippen molar-refractivity contribution in [1.82, 2.24) is 5.32 Å². The highest BCUT2D eigenvalue weighted by molar-refractivity contribution is 6.39. The number of hydrogen-bond acceptors (Lipinski definition) is 4. The standard InChI is InChI=1S/C19H20ClFN2O4/c1-12-2-4-13(5-3-12)17(27-9-8-24)11-22-18(25)19(26)23-14-6-7-16(21)15(20)10-14/h2-7,10,17,24H,8-9,11H2,1H3,(H,22,25)(H,23,26). The first-order valence-electron chi connectivity index (χ1n) is 8.24. The minimum absolute atomic E-state index is 0.0412. The van der Waals surface area contributed by atoms with Crippen LogP contribution < -0.4 is 10.6 Å². The summed E-state index contributed by atoms with van der Waals surface area (Å²) >= 11 is 5.64. The molecule has 0 spiro atoms. The molecule has 0 aliphatic carbocycles. The normalized spacial score (nSPS) is 11.7. The van der Waals surface area contributed by atoms with Gasteiger partial charge in [-0.2, -0.15) is 0 Å². The van der Waals surface area contributed by atoms with Gasteiger partial charge < -0.3 is 20.5 Å². The molecule has 2 aromatic rings. The van der Waals surface area contributed by atoms with E-state index >= 15 is 0 Å². The fraction of sp³-hybridized carbons (Fsp3) is 0.263. The molecule has 144 valence electrons. The third kappa shape index (κ3) is 6.32. The van der Waals surface area contributed by atoms with E-state index in [-0.39, 0.29) is 30.5 Å². The van der Waals surface area contributed by atoms with Gasteiger partial charge in [-0.25, -0.2) is 4.39 Å². The molecule has 27 heavy (non-hydrogen) atoms. The maximum absolute atomic E-state index is 13.1. The van der Waals surface area contributed by atoms with E-state index in [0.717, 1.165) is 17.2 Å². The lowest BCUT2D eigenvalue weighted by Crippen LogP contribution is -2.38. The number of ether oxygens (including phenoxy) is 1. The Morgan fingerprint density at radius 3 is 2.52 bits per heavy atom. The summed E-state index contributed by atoms with van der Waals surface area (Å²) in [7, 11) is 0. The third-order valence-electron chi connectivity index (χ3n) is 3.69. The molecule has 1 unspecified atom stereocenters. The zero-order valence-corrected chi connectivity index (χ0v) is 15.4. The molecule has 8 heteroatoms. The fourth-order valence-electron chi connectivity index (χ4n) is 2.28. The Morgan fingerprint density at radius 1 is 1.19 bits per heavy atom. The van der Waals surface area contributed by atoms with E-state index in [9.17, 15) is 14.0 Å². The molecule has 1 atom stereocenters. The molecule has 0 fully saturated rings. The quantitative estimate of drug-likeness (QED) is 0.630. The van der Waals surface area contributed by atoms with E-state index < -0.39 is 23.7 Å². The topological polar surface area (TPSA) is 87.7 Å². The van der Waals surface area contributed by atoms with Crippen molar-refractivity contribution in [3.05, 3.63) is 64.4 Å². The Balaban J connectivity index is 1.96. The molecule has 0 aromatic heterocycles. The Hall–Kier alpha value is -2.48. The van der Waals surface area contributed by atoms with Crippen molar-refractivity contribution in [3.63, 3.8) is 0 Å². The van der Waals surface area contributed by atoms with Gasteiger partial charge in [0.15, 0.2) is 0 Å². The number of rotatable bonds is 7. The fourth-order valence-corrected chi connectivity index (χ4v) is 2.46. The first-order chi connectivity index (χ1) is 12.9. The number of benzene rings is 2. The van der Waals surface area contributed by atoms with Crippen molar-refractivity contribution in [2.75, 3.05) is 25.1 Å². The van der Waals surface area contributed by atoms with E-state index in [2.05, 4.69) is 10.6 Å². The summed E-state index contributed by atoms with van der Waals surface area (Å²) in [5, 5.41) is 13.6. The monoisotopic (exact) mass is 394 g/mol. The van der Waals surface area contributed by atoms with E-state index in [4.69, 9.17) is 21.4 Å². The number of hydrogen-bond donors (Lipinski definition) is 3. The third-order valence-corrected chi connectivity index (χ3v) is 3.98. The minimum Gasteiger partial charge on any atom is -0.394 e. The highest BCUT2D eigenvalue weighted by Gasteiger charge is 2.18. The van der Waals surface area contributed by atoms with Gasteiger partial charge in [0.25, 0.3) is 0 Å². The van der Waals surface area contributed by atoms with E-state index in [0.29, 0.717) is 0 Å². The van der Waals surface area contributed by atoms with Crippen LogP contribution in [0.15, 0.2) is 42.5 Å². The molecular formula is C19H20ClFN2O4. The van der Waals surface area contributed by atoms with Crippen LogP contribution in [0.5, 0.6) is 0 Å². The Bertz CT molecular complexity index is 799. The molecule has 0 radical (unpaired) electrons. The van der Waals surface area contributed by atoms with Gasteiger partial charge in [-0.05, 0) is 30.7 Å². The second kappa shape index (κ2) is 10.0. The Kier molecular flexibility index (Phi) is 7.72. The zero-order chi connectivity index (χ0) is 19.8.